The fraction of sp³-hybridized carbons (Fsp3) is 0.391. The van der Waals surface area contributed by atoms with Crippen LogP contribution >= 0.6 is 34.8 Å². The van der Waals surface area contributed by atoms with Gasteiger partial charge in [-0.3, -0.25) is 9.59 Å². The number of amides is 2. The van der Waals surface area contributed by atoms with Gasteiger partial charge in [-0.25, -0.2) is 0 Å². The molecule has 0 aliphatic rings. The van der Waals surface area contributed by atoms with Gasteiger partial charge in [0, 0.05) is 33.7 Å². The first-order valence-corrected chi connectivity index (χ1v) is 11.2. The van der Waals surface area contributed by atoms with Gasteiger partial charge in [-0.15, -0.1) is 0 Å². The van der Waals surface area contributed by atoms with E-state index < -0.39 is 6.04 Å². The second-order valence-electron chi connectivity index (χ2n) is 7.20. The number of ether oxygens (including phenoxy) is 1. The van der Waals surface area contributed by atoms with Crippen LogP contribution in [0.5, 0.6) is 5.75 Å². The van der Waals surface area contributed by atoms with Gasteiger partial charge in [-0.1, -0.05) is 47.8 Å². The number of rotatable bonds is 9. The van der Waals surface area contributed by atoms with E-state index in [1.54, 1.807) is 30.3 Å². The minimum Gasteiger partial charge on any atom is -0.484 e. The molecule has 8 heteroatoms. The second kappa shape index (κ2) is 11.6. The summed E-state index contributed by atoms with van der Waals surface area (Å²) in [4.78, 5) is 27.3. The fourth-order valence-electron chi connectivity index (χ4n) is 3.28. The van der Waals surface area contributed by atoms with Crippen molar-refractivity contribution in [3.8, 4) is 5.75 Å². The van der Waals surface area contributed by atoms with Crippen LogP contribution in [0.2, 0.25) is 15.1 Å². The molecule has 0 bridgehead atoms. The van der Waals surface area contributed by atoms with E-state index in [-0.39, 0.29) is 25.0 Å². The molecule has 0 aromatic heterocycles. The molecule has 0 aliphatic carbocycles. The van der Waals surface area contributed by atoms with Crippen molar-refractivity contribution in [2.45, 2.75) is 46.7 Å². The number of aryl methyl sites for hydroxylation is 2. The molecule has 0 heterocycles. The van der Waals surface area contributed by atoms with Gasteiger partial charge in [0.15, 0.2) is 6.61 Å². The molecule has 0 aliphatic heterocycles. The van der Waals surface area contributed by atoms with Gasteiger partial charge in [0.05, 0.1) is 0 Å². The normalized spacial score (nSPS) is 11.7. The van der Waals surface area contributed by atoms with E-state index in [9.17, 15) is 9.59 Å². The van der Waals surface area contributed by atoms with Crippen LogP contribution in [0.15, 0.2) is 30.3 Å². The summed E-state index contributed by atoms with van der Waals surface area (Å²) in [6.45, 7) is 7.74. The van der Waals surface area contributed by atoms with Crippen LogP contribution in [0.4, 0.5) is 0 Å². The largest absolute Gasteiger partial charge is 0.484 e. The molecule has 2 amide bonds. The third-order valence-corrected chi connectivity index (χ3v) is 6.20. The molecule has 1 atom stereocenters. The lowest BCUT2D eigenvalue weighted by molar-refractivity contribution is -0.142. The second-order valence-corrected chi connectivity index (χ2v) is 8.39. The van der Waals surface area contributed by atoms with Gasteiger partial charge in [-0.05, 0) is 62.6 Å². The van der Waals surface area contributed by atoms with E-state index in [1.165, 1.54) is 4.90 Å². The predicted octanol–water partition coefficient (Wildman–Crippen LogP) is 5.59. The molecule has 2 aromatic carbocycles. The molecule has 1 N–H and O–H groups in total. The number of carbonyl (C=O) groups excluding carboxylic acids is 2. The number of nitrogens with one attached hydrogen (secondary N) is 1. The molecule has 0 radical (unpaired) electrons. The van der Waals surface area contributed by atoms with E-state index in [2.05, 4.69) is 5.32 Å². The summed E-state index contributed by atoms with van der Waals surface area (Å²) in [7, 11) is 0. The first-order valence-electron chi connectivity index (χ1n) is 10.1. The molecule has 0 fully saturated rings. The SMILES string of the molecule is CCNC(=O)[C@@H](CC)N(Cc1c(Cl)cccc1Cl)C(=O)COc1cc(C)c(Cl)c(C)c1. The van der Waals surface area contributed by atoms with Gasteiger partial charge in [0.1, 0.15) is 11.8 Å². The van der Waals surface area contributed by atoms with Crippen molar-refractivity contribution < 1.29 is 14.3 Å². The van der Waals surface area contributed by atoms with E-state index in [0.717, 1.165) is 11.1 Å². The van der Waals surface area contributed by atoms with Gasteiger partial charge >= 0.3 is 0 Å². The molecule has 0 saturated heterocycles. The molecule has 5 nitrogen and oxygen atoms in total. The summed E-state index contributed by atoms with van der Waals surface area (Å²) in [6, 6.07) is 8.01. The van der Waals surface area contributed by atoms with E-state index in [0.29, 0.717) is 39.3 Å². The Morgan fingerprint density at radius 1 is 1.06 bits per heavy atom. The highest BCUT2D eigenvalue weighted by atomic mass is 35.5. The van der Waals surface area contributed by atoms with E-state index >= 15 is 0 Å². The minimum atomic E-state index is -0.683. The maximum absolute atomic E-state index is 13.2. The highest BCUT2D eigenvalue weighted by Crippen LogP contribution is 2.28. The fourth-order valence-corrected chi connectivity index (χ4v) is 3.91. The zero-order valence-corrected chi connectivity index (χ0v) is 20.4. The Morgan fingerprint density at radius 2 is 1.65 bits per heavy atom. The van der Waals surface area contributed by atoms with E-state index in [1.807, 2.05) is 27.7 Å². The van der Waals surface area contributed by atoms with Crippen LogP contribution in [0.25, 0.3) is 0 Å². The lowest BCUT2D eigenvalue weighted by Gasteiger charge is -2.31. The number of hydrogen-bond donors (Lipinski definition) is 1. The molecule has 0 spiro atoms. The molecule has 168 valence electrons. The summed E-state index contributed by atoms with van der Waals surface area (Å²) in [6.07, 6.45) is 0.429. The Hall–Kier alpha value is -1.95. The Bertz CT molecular complexity index is 906. The van der Waals surface area contributed by atoms with Crippen molar-refractivity contribution in [3.63, 3.8) is 0 Å². The van der Waals surface area contributed by atoms with Crippen molar-refractivity contribution in [2.75, 3.05) is 13.2 Å². The summed E-state index contributed by atoms with van der Waals surface area (Å²) in [5, 5.41) is 4.31. The molecule has 0 saturated carbocycles. The highest BCUT2D eigenvalue weighted by molar-refractivity contribution is 6.36. The lowest BCUT2D eigenvalue weighted by Crippen LogP contribution is -2.50. The van der Waals surface area contributed by atoms with Gasteiger partial charge in [0.2, 0.25) is 5.91 Å². The van der Waals surface area contributed by atoms with Crippen LogP contribution in [0.1, 0.15) is 37.0 Å². The van der Waals surface area contributed by atoms with Crippen LogP contribution in [0, 0.1) is 13.8 Å². The highest BCUT2D eigenvalue weighted by Gasteiger charge is 2.29. The number of carbonyl (C=O) groups is 2. The number of likely N-dealkylation sites (N-methyl/N-ethyl adjacent to an activating group) is 1. The monoisotopic (exact) mass is 484 g/mol. The molecular weight excluding hydrogens is 459 g/mol. The predicted molar refractivity (Wildman–Crippen MR) is 126 cm³/mol. The third kappa shape index (κ3) is 6.52. The maximum atomic E-state index is 13.2. The summed E-state index contributed by atoms with van der Waals surface area (Å²) in [5.41, 5.74) is 2.30. The number of hydrogen-bond acceptors (Lipinski definition) is 3. The zero-order valence-electron chi connectivity index (χ0n) is 18.1. The van der Waals surface area contributed by atoms with Crippen molar-refractivity contribution in [1.82, 2.24) is 10.2 Å². The van der Waals surface area contributed by atoms with E-state index in [4.69, 9.17) is 39.5 Å². The zero-order chi connectivity index (χ0) is 23.1. The Balaban J connectivity index is 2.30. The van der Waals surface area contributed by atoms with Gasteiger partial charge in [-0.2, -0.15) is 0 Å². The number of halogens is 3. The maximum Gasteiger partial charge on any atom is 0.261 e. The number of benzene rings is 2. The van der Waals surface area contributed by atoms with Crippen LogP contribution in [-0.2, 0) is 16.1 Å². The Kier molecular flexibility index (Phi) is 9.48. The average molecular weight is 486 g/mol. The first-order chi connectivity index (χ1) is 14.7. The van der Waals surface area contributed by atoms with Crippen LogP contribution < -0.4 is 10.1 Å². The van der Waals surface area contributed by atoms with Crippen molar-refractivity contribution in [2.24, 2.45) is 0 Å². The molecule has 2 rings (SSSR count). The summed E-state index contributed by atoms with van der Waals surface area (Å²) in [5.74, 6) is -0.0476. The molecule has 2 aromatic rings. The quantitative estimate of drug-likeness (QED) is 0.504. The van der Waals surface area contributed by atoms with Crippen LogP contribution in [-0.4, -0.2) is 35.9 Å². The van der Waals surface area contributed by atoms with Crippen molar-refractivity contribution >= 4 is 46.6 Å². The average Bonchev–Trinajstić information content (AvgIpc) is 2.72. The van der Waals surface area contributed by atoms with Gasteiger partial charge in [0.25, 0.3) is 5.91 Å². The Labute approximate surface area is 198 Å². The molecule has 31 heavy (non-hydrogen) atoms. The smallest absolute Gasteiger partial charge is 0.261 e. The minimum absolute atomic E-state index is 0.0923. The number of nitrogens with zero attached hydrogens (tertiary/aromatic N) is 1. The van der Waals surface area contributed by atoms with Gasteiger partial charge < -0.3 is 15.0 Å². The third-order valence-electron chi connectivity index (χ3n) is 4.90. The molecule has 0 unspecified atom stereocenters. The van der Waals surface area contributed by atoms with Crippen molar-refractivity contribution in [1.29, 1.82) is 0 Å². The molecular formula is C23H27Cl3N2O3. The van der Waals surface area contributed by atoms with Crippen LogP contribution in [0.3, 0.4) is 0 Å². The topological polar surface area (TPSA) is 58.6 Å². The standard InChI is InChI=1S/C23H27Cl3N2O3/c1-5-20(23(30)27-6-2)28(12-17-18(24)8-7-9-19(17)25)21(29)13-31-16-10-14(3)22(26)15(4)11-16/h7-11,20H,5-6,12-13H2,1-4H3,(H,27,30)/t20-/m1/s1. The summed E-state index contributed by atoms with van der Waals surface area (Å²) >= 11 is 18.9. The lowest BCUT2D eigenvalue weighted by atomic mass is 10.1. The summed E-state index contributed by atoms with van der Waals surface area (Å²) < 4.78 is 5.75. The van der Waals surface area contributed by atoms with Crippen molar-refractivity contribution in [3.05, 3.63) is 62.1 Å². The first kappa shape index (κ1) is 25.3. The Morgan fingerprint density at radius 3 is 2.16 bits per heavy atom.